The second kappa shape index (κ2) is 9.84. The van der Waals surface area contributed by atoms with Crippen LogP contribution in [0.1, 0.15) is 57.6 Å². The molecule has 2 fully saturated rings. The van der Waals surface area contributed by atoms with E-state index in [0.717, 1.165) is 24.1 Å². The van der Waals surface area contributed by atoms with Crippen molar-refractivity contribution in [2.45, 2.75) is 37.0 Å². The zero-order valence-electron chi connectivity index (χ0n) is 18.6. The van der Waals surface area contributed by atoms with Crippen molar-refractivity contribution in [3.05, 3.63) is 101 Å². The van der Waals surface area contributed by atoms with E-state index in [0.29, 0.717) is 23.8 Å². The molecule has 0 spiro atoms. The van der Waals surface area contributed by atoms with E-state index in [1.54, 1.807) is 11.8 Å². The fourth-order valence-electron chi connectivity index (χ4n) is 4.35. The van der Waals surface area contributed by atoms with Gasteiger partial charge in [0.2, 0.25) is 5.91 Å². The SMILES string of the molecule is O=C(NCCCc1ccccc1)c1cccc(C2SCC(=O)N2c2ccc(C3CC3)cc2)c1. The molecule has 0 radical (unpaired) electrons. The van der Waals surface area contributed by atoms with Crippen LogP contribution in [0.5, 0.6) is 0 Å². The first-order valence-corrected chi connectivity index (χ1v) is 12.7. The highest BCUT2D eigenvalue weighted by Gasteiger charge is 2.34. The standard InChI is InChI=1S/C28H28N2O2S/c31-26-19-33-28(30(26)25-15-13-22(14-16-25)21-11-12-21)24-10-4-9-23(18-24)27(32)29-17-5-8-20-6-2-1-3-7-20/h1-4,6-7,9-10,13-16,18,21,28H,5,8,11-12,17,19H2,(H,29,32). The van der Waals surface area contributed by atoms with Gasteiger partial charge in [-0.3, -0.25) is 14.5 Å². The number of amides is 2. The van der Waals surface area contributed by atoms with Crippen LogP contribution in [0, 0.1) is 0 Å². The second-order valence-corrected chi connectivity index (χ2v) is 9.83. The van der Waals surface area contributed by atoms with E-state index in [1.165, 1.54) is 24.0 Å². The summed E-state index contributed by atoms with van der Waals surface area (Å²) < 4.78 is 0. The lowest BCUT2D eigenvalue weighted by Gasteiger charge is -2.25. The van der Waals surface area contributed by atoms with Gasteiger partial charge in [-0.2, -0.15) is 0 Å². The lowest BCUT2D eigenvalue weighted by atomic mass is 10.1. The summed E-state index contributed by atoms with van der Waals surface area (Å²) in [7, 11) is 0. The van der Waals surface area contributed by atoms with Crippen LogP contribution >= 0.6 is 11.8 Å². The van der Waals surface area contributed by atoms with E-state index in [1.807, 2.05) is 47.4 Å². The van der Waals surface area contributed by atoms with Gasteiger partial charge in [0.05, 0.1) is 5.75 Å². The van der Waals surface area contributed by atoms with Crippen molar-refractivity contribution in [3.63, 3.8) is 0 Å². The zero-order chi connectivity index (χ0) is 22.6. The minimum Gasteiger partial charge on any atom is -0.352 e. The molecule has 0 bridgehead atoms. The largest absolute Gasteiger partial charge is 0.352 e. The minimum absolute atomic E-state index is 0.0698. The average molecular weight is 457 g/mol. The van der Waals surface area contributed by atoms with Crippen molar-refractivity contribution >= 4 is 29.3 Å². The van der Waals surface area contributed by atoms with Crippen molar-refractivity contribution < 1.29 is 9.59 Å². The molecule has 168 valence electrons. The van der Waals surface area contributed by atoms with Crippen molar-refractivity contribution in [2.24, 2.45) is 0 Å². The fourth-order valence-corrected chi connectivity index (χ4v) is 5.52. The molecule has 1 atom stereocenters. The van der Waals surface area contributed by atoms with E-state index in [2.05, 4.69) is 41.7 Å². The summed E-state index contributed by atoms with van der Waals surface area (Å²) in [6.45, 7) is 0.633. The van der Waals surface area contributed by atoms with Crippen LogP contribution in [0.3, 0.4) is 0 Å². The molecule has 1 heterocycles. The molecule has 1 N–H and O–H groups in total. The lowest BCUT2D eigenvalue weighted by molar-refractivity contribution is -0.115. The van der Waals surface area contributed by atoms with Gasteiger partial charge in [0.1, 0.15) is 5.37 Å². The second-order valence-electron chi connectivity index (χ2n) is 8.76. The van der Waals surface area contributed by atoms with E-state index >= 15 is 0 Å². The zero-order valence-corrected chi connectivity index (χ0v) is 19.4. The third kappa shape index (κ3) is 5.14. The van der Waals surface area contributed by atoms with Crippen molar-refractivity contribution in [3.8, 4) is 0 Å². The van der Waals surface area contributed by atoms with E-state index < -0.39 is 0 Å². The van der Waals surface area contributed by atoms with Crippen LogP contribution in [0.25, 0.3) is 0 Å². The van der Waals surface area contributed by atoms with E-state index in [9.17, 15) is 9.59 Å². The van der Waals surface area contributed by atoms with Crippen LogP contribution < -0.4 is 10.2 Å². The number of nitrogens with one attached hydrogen (secondary N) is 1. The average Bonchev–Trinajstić information content (AvgIpc) is 3.64. The van der Waals surface area contributed by atoms with E-state index in [4.69, 9.17) is 0 Å². The number of hydrogen-bond acceptors (Lipinski definition) is 3. The summed E-state index contributed by atoms with van der Waals surface area (Å²) in [6, 6.07) is 26.4. The van der Waals surface area contributed by atoms with Crippen LogP contribution in [0.4, 0.5) is 5.69 Å². The third-order valence-corrected chi connectivity index (χ3v) is 7.50. The monoisotopic (exact) mass is 456 g/mol. The van der Waals surface area contributed by atoms with Gasteiger partial charge >= 0.3 is 0 Å². The predicted octanol–water partition coefficient (Wildman–Crippen LogP) is 5.71. The number of nitrogens with zero attached hydrogens (tertiary/aromatic N) is 1. The van der Waals surface area contributed by atoms with Crippen LogP contribution in [0.15, 0.2) is 78.9 Å². The number of aryl methyl sites for hydroxylation is 1. The Kier molecular flexibility index (Phi) is 6.49. The molecule has 1 unspecified atom stereocenters. The first-order valence-electron chi connectivity index (χ1n) is 11.6. The molecule has 1 saturated carbocycles. The van der Waals surface area contributed by atoms with Crippen molar-refractivity contribution in [2.75, 3.05) is 17.2 Å². The number of benzene rings is 3. The van der Waals surface area contributed by atoms with Crippen LogP contribution in [-0.4, -0.2) is 24.1 Å². The molecule has 1 aliphatic carbocycles. The quantitative estimate of drug-likeness (QED) is 0.442. The molecule has 1 aliphatic heterocycles. The molecule has 4 nitrogen and oxygen atoms in total. The number of hydrogen-bond donors (Lipinski definition) is 1. The predicted molar refractivity (Wildman–Crippen MR) is 135 cm³/mol. The molecule has 2 amide bonds. The molecule has 1 saturated heterocycles. The molecule has 0 aromatic heterocycles. The Balaban J connectivity index is 1.24. The summed E-state index contributed by atoms with van der Waals surface area (Å²) in [6.07, 6.45) is 4.37. The number of thioether (sulfide) groups is 1. The van der Waals surface area contributed by atoms with Crippen molar-refractivity contribution in [1.82, 2.24) is 5.32 Å². The maximum atomic E-state index is 12.7. The Hall–Kier alpha value is -3.05. The first kappa shape index (κ1) is 21.8. The molecule has 33 heavy (non-hydrogen) atoms. The summed E-state index contributed by atoms with van der Waals surface area (Å²) >= 11 is 1.61. The number of rotatable bonds is 8. The highest BCUT2D eigenvalue weighted by molar-refractivity contribution is 8.00. The number of carbonyl (C=O) groups excluding carboxylic acids is 2. The van der Waals surface area contributed by atoms with Gasteiger partial charge < -0.3 is 5.32 Å². The maximum absolute atomic E-state index is 12.7. The first-order chi connectivity index (χ1) is 16.2. The van der Waals surface area contributed by atoms with E-state index in [-0.39, 0.29) is 17.2 Å². The van der Waals surface area contributed by atoms with Gasteiger partial charge in [0.15, 0.2) is 0 Å². The van der Waals surface area contributed by atoms with Crippen LogP contribution in [-0.2, 0) is 11.2 Å². The summed E-state index contributed by atoms with van der Waals surface area (Å²) in [5, 5.41) is 2.92. The van der Waals surface area contributed by atoms with Gasteiger partial charge in [0.25, 0.3) is 5.91 Å². The molecule has 5 rings (SSSR count). The number of carbonyl (C=O) groups is 2. The van der Waals surface area contributed by atoms with Gasteiger partial charge in [-0.15, -0.1) is 11.8 Å². The molecular weight excluding hydrogens is 428 g/mol. The highest BCUT2D eigenvalue weighted by atomic mass is 32.2. The van der Waals surface area contributed by atoms with Gasteiger partial charge in [-0.05, 0) is 72.6 Å². The Labute approximate surface area is 199 Å². The fraction of sp³-hybridized carbons (Fsp3) is 0.286. The molecule has 2 aliphatic rings. The molecule has 3 aromatic rings. The Morgan fingerprint density at radius 3 is 2.48 bits per heavy atom. The summed E-state index contributed by atoms with van der Waals surface area (Å²) in [5.74, 6) is 1.19. The van der Waals surface area contributed by atoms with Crippen LogP contribution in [0.2, 0.25) is 0 Å². The van der Waals surface area contributed by atoms with Gasteiger partial charge in [0, 0.05) is 17.8 Å². The van der Waals surface area contributed by atoms with Gasteiger partial charge in [-0.1, -0.05) is 54.6 Å². The minimum atomic E-state index is -0.116. The maximum Gasteiger partial charge on any atom is 0.251 e. The smallest absolute Gasteiger partial charge is 0.251 e. The van der Waals surface area contributed by atoms with Crippen molar-refractivity contribution in [1.29, 1.82) is 0 Å². The number of anilines is 1. The Morgan fingerprint density at radius 2 is 1.73 bits per heavy atom. The molecule has 3 aromatic carbocycles. The summed E-state index contributed by atoms with van der Waals surface area (Å²) in [4.78, 5) is 27.3. The summed E-state index contributed by atoms with van der Waals surface area (Å²) in [5.41, 5.74) is 5.18. The molecule has 5 heteroatoms. The van der Waals surface area contributed by atoms with Gasteiger partial charge in [-0.25, -0.2) is 0 Å². The normalized spacial score (nSPS) is 17.9. The topological polar surface area (TPSA) is 49.4 Å². The Morgan fingerprint density at radius 1 is 0.939 bits per heavy atom. The molecular formula is C28H28N2O2S. The lowest BCUT2D eigenvalue weighted by Crippen LogP contribution is -2.28. The Bertz CT molecular complexity index is 1130. The third-order valence-electron chi connectivity index (χ3n) is 6.29. The highest BCUT2D eigenvalue weighted by Crippen LogP contribution is 2.44.